The Hall–Kier alpha value is 0. The molecule has 0 aliphatic rings. The molecule has 0 aromatic heterocycles. The van der Waals surface area contributed by atoms with Gasteiger partial charge in [0.05, 0.1) is 0 Å². The van der Waals surface area contributed by atoms with E-state index in [2.05, 4.69) is 62.3 Å². The van der Waals surface area contributed by atoms with E-state index in [1.807, 2.05) is 0 Å². The highest BCUT2D eigenvalue weighted by Crippen LogP contribution is 2.23. The van der Waals surface area contributed by atoms with Crippen LogP contribution in [-0.4, -0.2) is 0 Å². The molecular formula is C16H36. The molecule has 0 aliphatic heterocycles. The fourth-order valence-corrected chi connectivity index (χ4v) is 1.93. The lowest BCUT2D eigenvalue weighted by atomic mass is 9.86. The van der Waals surface area contributed by atoms with Crippen molar-refractivity contribution in [3.8, 4) is 0 Å². The minimum Gasteiger partial charge on any atom is -0.0654 e. The zero-order valence-electron chi connectivity index (χ0n) is 13.4. The molecular weight excluding hydrogens is 192 g/mol. The second-order valence-corrected chi connectivity index (χ2v) is 7.82. The lowest BCUT2D eigenvalue weighted by Crippen LogP contribution is -2.08. The van der Waals surface area contributed by atoms with Crippen LogP contribution in [0, 0.1) is 16.7 Å². The molecule has 0 aromatic rings. The fourth-order valence-electron chi connectivity index (χ4n) is 1.93. The standard InChI is InChI=1S/2C8H18/c1-7(2)6-8(3,4)5;1-5-6-7-8(2,3)4/h7H,6H2,1-5H3;5-7H2,1-4H3. The number of hydrogen-bond acceptors (Lipinski definition) is 0. The Kier molecular flexibility index (Phi) is 9.35. The first-order valence-corrected chi connectivity index (χ1v) is 6.98. The van der Waals surface area contributed by atoms with Crippen molar-refractivity contribution in [1.82, 2.24) is 0 Å². The average Bonchev–Trinajstić information content (AvgIpc) is 1.95. The third kappa shape index (κ3) is 23.7. The van der Waals surface area contributed by atoms with Gasteiger partial charge in [-0.2, -0.15) is 0 Å². The zero-order valence-corrected chi connectivity index (χ0v) is 13.4. The Morgan fingerprint density at radius 2 is 1.25 bits per heavy atom. The van der Waals surface area contributed by atoms with Crippen molar-refractivity contribution in [1.29, 1.82) is 0 Å². The van der Waals surface area contributed by atoms with Gasteiger partial charge in [-0.1, -0.05) is 75.2 Å². The van der Waals surface area contributed by atoms with Crippen LogP contribution in [0.25, 0.3) is 0 Å². The predicted molar refractivity (Wildman–Crippen MR) is 77.9 cm³/mol. The minimum absolute atomic E-state index is 0.522. The van der Waals surface area contributed by atoms with Crippen molar-refractivity contribution in [2.45, 2.75) is 88.0 Å². The Balaban J connectivity index is 0. The van der Waals surface area contributed by atoms with Crippen molar-refractivity contribution in [3.63, 3.8) is 0 Å². The third-order valence-corrected chi connectivity index (χ3v) is 2.30. The highest BCUT2D eigenvalue weighted by atomic mass is 14.2. The third-order valence-electron chi connectivity index (χ3n) is 2.30. The van der Waals surface area contributed by atoms with Gasteiger partial charge in [0.15, 0.2) is 0 Å². The highest BCUT2D eigenvalue weighted by molar-refractivity contribution is 4.62. The van der Waals surface area contributed by atoms with Crippen LogP contribution in [0.5, 0.6) is 0 Å². The average molecular weight is 228 g/mol. The second-order valence-electron chi connectivity index (χ2n) is 7.82. The van der Waals surface area contributed by atoms with E-state index in [0.29, 0.717) is 10.8 Å². The molecule has 0 atom stereocenters. The number of rotatable bonds is 3. The highest BCUT2D eigenvalue weighted by Gasteiger charge is 2.11. The first-order chi connectivity index (χ1) is 6.98. The van der Waals surface area contributed by atoms with Crippen LogP contribution in [0.3, 0.4) is 0 Å². The van der Waals surface area contributed by atoms with E-state index >= 15 is 0 Å². The Morgan fingerprint density at radius 3 is 1.31 bits per heavy atom. The molecule has 0 heterocycles. The van der Waals surface area contributed by atoms with Crippen LogP contribution in [-0.2, 0) is 0 Å². The first kappa shape index (κ1) is 18.4. The van der Waals surface area contributed by atoms with Gasteiger partial charge in [0.1, 0.15) is 0 Å². The molecule has 0 aliphatic carbocycles. The zero-order chi connectivity index (χ0) is 13.4. The molecule has 0 saturated carbocycles. The fraction of sp³-hybridized carbons (Fsp3) is 1.00. The molecule has 100 valence electrons. The van der Waals surface area contributed by atoms with Gasteiger partial charge in [0, 0.05) is 0 Å². The molecule has 0 heteroatoms. The van der Waals surface area contributed by atoms with Gasteiger partial charge >= 0.3 is 0 Å². The molecule has 0 unspecified atom stereocenters. The molecule has 0 radical (unpaired) electrons. The monoisotopic (exact) mass is 228 g/mol. The topological polar surface area (TPSA) is 0 Å². The normalized spacial score (nSPS) is 12.4. The van der Waals surface area contributed by atoms with Gasteiger partial charge in [-0.3, -0.25) is 0 Å². The summed E-state index contributed by atoms with van der Waals surface area (Å²) in [5.74, 6) is 0.843. The number of hydrogen-bond donors (Lipinski definition) is 0. The smallest absolute Gasteiger partial charge is 0.0380 e. The Bertz CT molecular complexity index is 140. The summed E-state index contributed by atoms with van der Waals surface area (Å²) in [6.45, 7) is 20.5. The summed E-state index contributed by atoms with van der Waals surface area (Å²) in [6, 6.07) is 0. The van der Waals surface area contributed by atoms with E-state index < -0.39 is 0 Å². The van der Waals surface area contributed by atoms with Crippen LogP contribution < -0.4 is 0 Å². The summed E-state index contributed by atoms with van der Waals surface area (Å²) in [5.41, 5.74) is 1.07. The maximum absolute atomic E-state index is 2.29. The largest absolute Gasteiger partial charge is 0.0654 e. The van der Waals surface area contributed by atoms with Gasteiger partial charge in [0.2, 0.25) is 0 Å². The molecule has 0 bridgehead atoms. The van der Waals surface area contributed by atoms with Crippen molar-refractivity contribution in [3.05, 3.63) is 0 Å². The molecule has 0 spiro atoms. The van der Waals surface area contributed by atoms with E-state index in [1.165, 1.54) is 25.7 Å². The molecule has 0 nitrogen and oxygen atoms in total. The molecule has 16 heavy (non-hydrogen) atoms. The van der Waals surface area contributed by atoms with Gasteiger partial charge in [-0.05, 0) is 29.6 Å². The molecule has 0 rings (SSSR count). The van der Waals surface area contributed by atoms with Crippen LogP contribution in [0.15, 0.2) is 0 Å². The van der Waals surface area contributed by atoms with Crippen LogP contribution in [0.1, 0.15) is 88.0 Å². The SMILES string of the molecule is CC(C)CC(C)(C)C.CCCCC(C)(C)C. The second kappa shape index (κ2) is 8.14. The maximum atomic E-state index is 2.29. The number of unbranched alkanes of at least 4 members (excludes halogenated alkanes) is 1. The van der Waals surface area contributed by atoms with Crippen molar-refractivity contribution in [2.24, 2.45) is 16.7 Å². The van der Waals surface area contributed by atoms with Crippen LogP contribution in [0.2, 0.25) is 0 Å². The van der Waals surface area contributed by atoms with Crippen molar-refractivity contribution < 1.29 is 0 Å². The van der Waals surface area contributed by atoms with E-state index in [1.54, 1.807) is 0 Å². The summed E-state index contributed by atoms with van der Waals surface area (Å²) in [5, 5.41) is 0. The summed E-state index contributed by atoms with van der Waals surface area (Å²) < 4.78 is 0. The predicted octanol–water partition coefficient (Wildman–Crippen LogP) is 6.30. The van der Waals surface area contributed by atoms with Crippen LogP contribution in [0.4, 0.5) is 0 Å². The van der Waals surface area contributed by atoms with Crippen molar-refractivity contribution in [2.75, 3.05) is 0 Å². The molecule has 0 saturated heterocycles. The minimum atomic E-state index is 0.522. The summed E-state index contributed by atoms with van der Waals surface area (Å²) in [7, 11) is 0. The van der Waals surface area contributed by atoms with Gasteiger partial charge in [-0.25, -0.2) is 0 Å². The molecule has 0 aromatic carbocycles. The van der Waals surface area contributed by atoms with E-state index in [-0.39, 0.29) is 0 Å². The van der Waals surface area contributed by atoms with E-state index in [4.69, 9.17) is 0 Å². The quantitative estimate of drug-likeness (QED) is 0.531. The van der Waals surface area contributed by atoms with E-state index in [0.717, 1.165) is 5.92 Å². The van der Waals surface area contributed by atoms with Gasteiger partial charge < -0.3 is 0 Å². The first-order valence-electron chi connectivity index (χ1n) is 6.98. The maximum Gasteiger partial charge on any atom is -0.0380 e. The Labute approximate surface area is 105 Å². The van der Waals surface area contributed by atoms with E-state index in [9.17, 15) is 0 Å². The lowest BCUT2D eigenvalue weighted by Gasteiger charge is -2.19. The van der Waals surface area contributed by atoms with Crippen LogP contribution >= 0.6 is 0 Å². The molecule has 0 N–H and O–H groups in total. The van der Waals surface area contributed by atoms with Crippen molar-refractivity contribution >= 4 is 0 Å². The van der Waals surface area contributed by atoms with Gasteiger partial charge in [0.25, 0.3) is 0 Å². The lowest BCUT2D eigenvalue weighted by molar-refractivity contribution is 0.320. The summed E-state index contributed by atoms with van der Waals surface area (Å²) in [4.78, 5) is 0. The van der Waals surface area contributed by atoms with Gasteiger partial charge in [-0.15, -0.1) is 0 Å². The Morgan fingerprint density at radius 1 is 0.812 bits per heavy atom. The summed E-state index contributed by atoms with van der Waals surface area (Å²) >= 11 is 0. The molecule has 0 amide bonds. The summed E-state index contributed by atoms with van der Waals surface area (Å²) in [6.07, 6.45) is 5.40. The molecule has 0 fully saturated rings.